The lowest BCUT2D eigenvalue weighted by Crippen LogP contribution is -2.44. The zero-order valence-electron chi connectivity index (χ0n) is 11.1. The van der Waals surface area contributed by atoms with E-state index in [1.165, 1.54) is 6.92 Å². The van der Waals surface area contributed by atoms with Crippen molar-refractivity contribution in [3.05, 3.63) is 32.3 Å². The number of nitrogens with zero attached hydrogens (tertiary/aromatic N) is 1. The number of nitrogens with two attached hydrogens (primary N) is 1. The SMILES string of the molecule is CC(N)(CCCOc1c(Cl)cc([N+](=O)[O-])cc1Cl)C(=O)O. The maximum absolute atomic E-state index is 10.8. The largest absolute Gasteiger partial charge is 0.490 e. The van der Waals surface area contributed by atoms with Crippen molar-refractivity contribution in [1.29, 1.82) is 0 Å². The maximum Gasteiger partial charge on any atom is 0.323 e. The zero-order valence-corrected chi connectivity index (χ0v) is 12.6. The third-order valence-corrected chi connectivity index (χ3v) is 3.33. The average Bonchev–Trinajstić information content (AvgIpc) is 2.36. The Hall–Kier alpha value is -1.57. The van der Waals surface area contributed by atoms with Crippen molar-refractivity contribution in [2.24, 2.45) is 5.73 Å². The van der Waals surface area contributed by atoms with Crippen molar-refractivity contribution in [3.8, 4) is 5.75 Å². The highest BCUT2D eigenvalue weighted by molar-refractivity contribution is 6.37. The van der Waals surface area contributed by atoms with E-state index in [0.29, 0.717) is 6.42 Å². The Kier molecular flexibility index (Phi) is 5.77. The second-order valence-electron chi connectivity index (χ2n) is 4.67. The molecule has 0 aromatic heterocycles. The Morgan fingerprint density at radius 1 is 1.48 bits per heavy atom. The number of hydrogen-bond acceptors (Lipinski definition) is 5. The predicted molar refractivity (Wildman–Crippen MR) is 78.1 cm³/mol. The van der Waals surface area contributed by atoms with E-state index in [2.05, 4.69) is 0 Å². The molecule has 21 heavy (non-hydrogen) atoms. The summed E-state index contributed by atoms with van der Waals surface area (Å²) in [7, 11) is 0. The summed E-state index contributed by atoms with van der Waals surface area (Å²) in [4.78, 5) is 20.8. The number of non-ortho nitro benzene ring substituents is 1. The molecule has 0 bridgehead atoms. The molecule has 0 amide bonds. The van der Waals surface area contributed by atoms with E-state index in [9.17, 15) is 14.9 Å². The number of nitro benzene ring substituents is 1. The second-order valence-corrected chi connectivity index (χ2v) is 5.48. The van der Waals surface area contributed by atoms with Gasteiger partial charge in [-0.1, -0.05) is 23.2 Å². The number of carboxylic acids is 1. The van der Waals surface area contributed by atoms with Gasteiger partial charge in [0.2, 0.25) is 0 Å². The molecule has 7 nitrogen and oxygen atoms in total. The Balaban J connectivity index is 2.65. The van der Waals surface area contributed by atoms with Crippen molar-refractivity contribution in [1.82, 2.24) is 0 Å². The molecule has 0 heterocycles. The lowest BCUT2D eigenvalue weighted by Gasteiger charge is -2.19. The number of halogens is 2. The highest BCUT2D eigenvalue weighted by Gasteiger charge is 2.27. The summed E-state index contributed by atoms with van der Waals surface area (Å²) in [5.41, 5.74) is 3.99. The first-order valence-corrected chi connectivity index (χ1v) is 6.69. The molecule has 0 saturated heterocycles. The van der Waals surface area contributed by atoms with Gasteiger partial charge in [0.15, 0.2) is 5.75 Å². The van der Waals surface area contributed by atoms with E-state index in [4.69, 9.17) is 38.8 Å². The number of carboxylic acid groups (broad SMARTS) is 1. The van der Waals surface area contributed by atoms with E-state index in [-0.39, 0.29) is 34.5 Å². The number of rotatable bonds is 7. The molecule has 1 unspecified atom stereocenters. The standard InChI is InChI=1S/C12H14Cl2N2O5/c1-12(15,11(17)18)3-2-4-21-10-8(13)5-7(16(19)20)6-9(10)14/h5-6H,2-4,15H2,1H3,(H,17,18). The number of benzene rings is 1. The van der Waals surface area contributed by atoms with Crippen LogP contribution in [0.3, 0.4) is 0 Å². The van der Waals surface area contributed by atoms with Gasteiger partial charge in [0.1, 0.15) is 5.54 Å². The second kappa shape index (κ2) is 6.93. The first-order chi connectivity index (χ1) is 9.65. The van der Waals surface area contributed by atoms with Gasteiger partial charge in [-0.05, 0) is 19.8 Å². The number of aliphatic carboxylic acids is 1. The highest BCUT2D eigenvalue weighted by Crippen LogP contribution is 2.36. The average molecular weight is 337 g/mol. The van der Waals surface area contributed by atoms with Gasteiger partial charge < -0.3 is 15.6 Å². The van der Waals surface area contributed by atoms with Gasteiger partial charge in [0.25, 0.3) is 5.69 Å². The number of ether oxygens (including phenoxy) is 1. The molecule has 0 aliphatic heterocycles. The molecule has 0 fully saturated rings. The molecule has 1 aromatic rings. The van der Waals surface area contributed by atoms with Crippen LogP contribution in [0.25, 0.3) is 0 Å². The monoisotopic (exact) mass is 336 g/mol. The van der Waals surface area contributed by atoms with Crippen LogP contribution in [-0.4, -0.2) is 28.1 Å². The molecule has 3 N–H and O–H groups in total. The molecular formula is C12H14Cl2N2O5. The van der Waals surface area contributed by atoms with Gasteiger partial charge in [-0.2, -0.15) is 0 Å². The topological polar surface area (TPSA) is 116 Å². The molecule has 0 saturated carbocycles. The van der Waals surface area contributed by atoms with Crippen LogP contribution in [0.4, 0.5) is 5.69 Å². The third kappa shape index (κ3) is 4.73. The predicted octanol–water partition coefficient (Wildman–Crippen LogP) is 2.86. The van der Waals surface area contributed by atoms with Crippen LogP contribution in [0.15, 0.2) is 12.1 Å². The van der Waals surface area contributed by atoms with Crippen molar-refractivity contribution < 1.29 is 19.6 Å². The molecule has 116 valence electrons. The van der Waals surface area contributed by atoms with Crippen LogP contribution < -0.4 is 10.5 Å². The summed E-state index contributed by atoms with van der Waals surface area (Å²) in [6, 6.07) is 2.26. The third-order valence-electron chi connectivity index (χ3n) is 2.77. The Morgan fingerprint density at radius 3 is 2.43 bits per heavy atom. The summed E-state index contributed by atoms with van der Waals surface area (Å²) in [5.74, 6) is -0.980. The minimum atomic E-state index is -1.34. The van der Waals surface area contributed by atoms with Gasteiger partial charge in [0, 0.05) is 12.1 Å². The minimum Gasteiger partial charge on any atom is -0.490 e. The summed E-state index contributed by atoms with van der Waals surface area (Å²) >= 11 is 11.7. The molecule has 0 aliphatic carbocycles. The zero-order chi connectivity index (χ0) is 16.2. The van der Waals surface area contributed by atoms with Crippen LogP contribution in [0.1, 0.15) is 19.8 Å². The van der Waals surface area contributed by atoms with E-state index >= 15 is 0 Å². The normalized spacial score (nSPS) is 13.5. The Bertz CT molecular complexity index is 540. The Morgan fingerprint density at radius 2 is 2.00 bits per heavy atom. The Labute approximate surface area is 130 Å². The molecule has 0 spiro atoms. The van der Waals surface area contributed by atoms with Gasteiger partial charge in [-0.25, -0.2) is 0 Å². The lowest BCUT2D eigenvalue weighted by atomic mass is 9.98. The molecule has 0 aliphatic rings. The fraction of sp³-hybridized carbons (Fsp3) is 0.417. The summed E-state index contributed by atoms with van der Waals surface area (Å²) in [6.45, 7) is 1.54. The number of nitro groups is 1. The fourth-order valence-corrected chi connectivity index (χ4v) is 2.10. The highest BCUT2D eigenvalue weighted by atomic mass is 35.5. The first kappa shape index (κ1) is 17.5. The molecule has 1 aromatic carbocycles. The number of carbonyl (C=O) groups is 1. The number of hydrogen-bond donors (Lipinski definition) is 2. The molecule has 1 atom stereocenters. The molecule has 1 rings (SSSR count). The molecular weight excluding hydrogens is 323 g/mol. The van der Waals surface area contributed by atoms with E-state index in [1.807, 2.05) is 0 Å². The minimum absolute atomic E-state index is 0.0166. The van der Waals surface area contributed by atoms with Crippen LogP contribution in [0.5, 0.6) is 5.75 Å². The van der Waals surface area contributed by atoms with Gasteiger partial charge >= 0.3 is 5.97 Å². The van der Waals surface area contributed by atoms with Crippen molar-refractivity contribution in [3.63, 3.8) is 0 Å². The van der Waals surface area contributed by atoms with Gasteiger partial charge in [-0.3, -0.25) is 14.9 Å². The molecule has 9 heteroatoms. The fourth-order valence-electron chi connectivity index (χ4n) is 1.51. The van der Waals surface area contributed by atoms with Crippen LogP contribution in [-0.2, 0) is 4.79 Å². The summed E-state index contributed by atoms with van der Waals surface area (Å²) in [5, 5.41) is 19.5. The molecule has 0 radical (unpaired) electrons. The summed E-state index contributed by atoms with van der Waals surface area (Å²) in [6.07, 6.45) is 0.563. The van der Waals surface area contributed by atoms with Gasteiger partial charge in [-0.15, -0.1) is 0 Å². The van der Waals surface area contributed by atoms with Gasteiger partial charge in [0.05, 0.1) is 21.6 Å². The maximum atomic E-state index is 10.8. The van der Waals surface area contributed by atoms with E-state index < -0.39 is 16.4 Å². The van der Waals surface area contributed by atoms with E-state index in [0.717, 1.165) is 12.1 Å². The van der Waals surface area contributed by atoms with Crippen LogP contribution in [0, 0.1) is 10.1 Å². The van der Waals surface area contributed by atoms with Crippen molar-refractivity contribution in [2.75, 3.05) is 6.61 Å². The van der Waals surface area contributed by atoms with Crippen molar-refractivity contribution >= 4 is 34.9 Å². The lowest BCUT2D eigenvalue weighted by molar-refractivity contribution is -0.384. The smallest absolute Gasteiger partial charge is 0.323 e. The quantitative estimate of drug-likeness (QED) is 0.449. The first-order valence-electron chi connectivity index (χ1n) is 5.93. The summed E-state index contributed by atoms with van der Waals surface area (Å²) < 4.78 is 5.34. The van der Waals surface area contributed by atoms with Crippen LogP contribution in [0.2, 0.25) is 10.0 Å². The van der Waals surface area contributed by atoms with Crippen LogP contribution >= 0.6 is 23.2 Å². The van der Waals surface area contributed by atoms with Crippen molar-refractivity contribution in [2.45, 2.75) is 25.3 Å². The van der Waals surface area contributed by atoms with E-state index in [1.54, 1.807) is 0 Å².